The molecule has 0 spiro atoms. The molecule has 0 aliphatic carbocycles. The normalized spacial score (nSPS) is 16.2. The Bertz CT molecular complexity index is 1220. The van der Waals surface area contributed by atoms with E-state index in [9.17, 15) is 4.79 Å². The first-order valence-electron chi connectivity index (χ1n) is 9.27. The summed E-state index contributed by atoms with van der Waals surface area (Å²) >= 11 is 1.31. The van der Waals surface area contributed by atoms with Crippen LogP contribution in [0, 0.1) is 6.92 Å². The van der Waals surface area contributed by atoms with Crippen molar-refractivity contribution in [2.24, 2.45) is 0 Å². The number of methoxy groups -OCH3 is 1. The molecule has 0 bridgehead atoms. The van der Waals surface area contributed by atoms with Crippen LogP contribution in [0.1, 0.15) is 35.0 Å². The monoisotopic (exact) mass is 409 g/mol. The third kappa shape index (κ3) is 2.70. The van der Waals surface area contributed by atoms with Crippen LogP contribution in [0.5, 0.6) is 5.75 Å². The van der Waals surface area contributed by atoms with E-state index < -0.39 is 0 Å². The maximum atomic E-state index is 13.4. The van der Waals surface area contributed by atoms with Crippen LogP contribution in [0.25, 0.3) is 21.7 Å². The molecule has 0 saturated heterocycles. The molecule has 0 unspecified atom stereocenters. The van der Waals surface area contributed by atoms with Crippen LogP contribution < -0.4 is 4.74 Å². The van der Waals surface area contributed by atoms with Gasteiger partial charge in [0.2, 0.25) is 0 Å². The lowest BCUT2D eigenvalue weighted by molar-refractivity contribution is 0.0635. The van der Waals surface area contributed by atoms with Gasteiger partial charge in [-0.15, -0.1) is 10.2 Å². The van der Waals surface area contributed by atoms with Crippen molar-refractivity contribution < 1.29 is 9.53 Å². The summed E-state index contributed by atoms with van der Waals surface area (Å²) in [5, 5.41) is 10.4. The molecule has 1 atom stereocenters. The van der Waals surface area contributed by atoms with Gasteiger partial charge in [0.15, 0.2) is 22.4 Å². The summed E-state index contributed by atoms with van der Waals surface area (Å²) in [6.07, 6.45) is 1.84. The summed E-state index contributed by atoms with van der Waals surface area (Å²) in [6, 6.07) is 5.47. The van der Waals surface area contributed by atoms with Crippen LogP contribution in [0.15, 0.2) is 24.4 Å². The lowest BCUT2D eigenvalue weighted by Gasteiger charge is -2.34. The number of carbonyl (C=O) groups excluding carboxylic acids is 1. The lowest BCUT2D eigenvalue weighted by Crippen LogP contribution is -2.41. The fourth-order valence-corrected chi connectivity index (χ4v) is 4.51. The number of aryl methyl sites for hydroxylation is 1. The second kappa shape index (κ2) is 6.66. The summed E-state index contributed by atoms with van der Waals surface area (Å²) in [5.41, 5.74) is 1.35. The molecule has 1 aliphatic rings. The highest BCUT2D eigenvalue weighted by molar-refractivity contribution is 7.09. The Morgan fingerprint density at radius 2 is 2.14 bits per heavy atom. The highest BCUT2D eigenvalue weighted by atomic mass is 32.1. The molecule has 4 heterocycles. The zero-order valence-corrected chi connectivity index (χ0v) is 17.0. The van der Waals surface area contributed by atoms with Crippen molar-refractivity contribution >= 4 is 28.3 Å². The summed E-state index contributed by atoms with van der Waals surface area (Å²) in [6.45, 7) is 4.96. The van der Waals surface area contributed by atoms with Crippen molar-refractivity contribution in [2.45, 2.75) is 26.4 Å². The van der Waals surface area contributed by atoms with E-state index in [-0.39, 0.29) is 11.9 Å². The fourth-order valence-electron chi connectivity index (χ4n) is 3.84. The first-order valence-corrected chi connectivity index (χ1v) is 10.0. The van der Waals surface area contributed by atoms with Gasteiger partial charge in [0, 0.05) is 24.7 Å². The number of fused-ring (bicyclic) bond motifs is 2. The first-order chi connectivity index (χ1) is 14.1. The maximum absolute atomic E-state index is 13.4. The number of hydrogen-bond acceptors (Lipinski definition) is 7. The molecule has 29 heavy (non-hydrogen) atoms. The standard InChI is InChI=1S/C19H19N7O2S/c1-10-16-22-23-17(18-21-11(2)24-29-18)26(16)9-8-25(10)19(27)13-5-4-12-6-7-20-14(12)15(13)28-3/h4-7,10,20H,8-9H2,1-3H3/t10-/m1/s1. The van der Waals surface area contributed by atoms with Crippen LogP contribution in [-0.2, 0) is 6.54 Å². The van der Waals surface area contributed by atoms with Gasteiger partial charge in [0.05, 0.1) is 24.2 Å². The summed E-state index contributed by atoms with van der Waals surface area (Å²) in [5.74, 6) is 2.63. The van der Waals surface area contributed by atoms with Crippen LogP contribution >= 0.6 is 11.5 Å². The largest absolute Gasteiger partial charge is 0.494 e. The van der Waals surface area contributed by atoms with Crippen molar-refractivity contribution in [3.8, 4) is 16.6 Å². The van der Waals surface area contributed by atoms with Gasteiger partial charge in [-0.2, -0.15) is 4.37 Å². The van der Waals surface area contributed by atoms with Gasteiger partial charge < -0.3 is 19.2 Å². The van der Waals surface area contributed by atoms with E-state index in [0.717, 1.165) is 27.6 Å². The summed E-state index contributed by atoms with van der Waals surface area (Å²) in [4.78, 5) is 22.8. The molecule has 5 rings (SSSR count). The number of rotatable bonds is 3. The molecule has 148 valence electrons. The van der Waals surface area contributed by atoms with E-state index in [0.29, 0.717) is 30.2 Å². The molecule has 1 aliphatic heterocycles. The number of ether oxygens (including phenoxy) is 1. The van der Waals surface area contributed by atoms with Crippen LogP contribution in [0.4, 0.5) is 0 Å². The molecule has 0 fully saturated rings. The molecule has 1 amide bonds. The molecule has 1 N–H and O–H groups in total. The minimum Gasteiger partial charge on any atom is -0.494 e. The molecule has 3 aromatic heterocycles. The van der Waals surface area contributed by atoms with E-state index in [1.54, 1.807) is 7.11 Å². The Balaban J connectivity index is 1.50. The zero-order chi connectivity index (χ0) is 20.1. The van der Waals surface area contributed by atoms with Gasteiger partial charge in [-0.1, -0.05) is 6.07 Å². The predicted octanol–water partition coefficient (Wildman–Crippen LogP) is 2.81. The number of benzene rings is 1. The van der Waals surface area contributed by atoms with Crippen LogP contribution in [0.3, 0.4) is 0 Å². The van der Waals surface area contributed by atoms with Gasteiger partial charge >= 0.3 is 0 Å². The fraction of sp³-hybridized carbons (Fsp3) is 0.316. The highest BCUT2D eigenvalue weighted by Crippen LogP contribution is 2.34. The van der Waals surface area contributed by atoms with E-state index in [1.807, 2.05) is 47.7 Å². The van der Waals surface area contributed by atoms with Gasteiger partial charge in [-0.25, -0.2) is 4.98 Å². The Morgan fingerprint density at radius 1 is 1.28 bits per heavy atom. The minimum absolute atomic E-state index is 0.0894. The predicted molar refractivity (Wildman–Crippen MR) is 108 cm³/mol. The number of aromatic amines is 1. The highest BCUT2D eigenvalue weighted by Gasteiger charge is 2.34. The molecule has 1 aromatic carbocycles. The van der Waals surface area contributed by atoms with Crippen LogP contribution in [0.2, 0.25) is 0 Å². The number of carbonyl (C=O) groups is 1. The number of H-pyrrole nitrogens is 1. The Labute approximate surface area is 170 Å². The van der Waals surface area contributed by atoms with Gasteiger partial charge in [0.1, 0.15) is 5.82 Å². The van der Waals surface area contributed by atoms with Crippen molar-refractivity contribution in [3.05, 3.63) is 41.6 Å². The van der Waals surface area contributed by atoms with E-state index in [4.69, 9.17) is 4.74 Å². The topological polar surface area (TPSA) is 102 Å². The molecule has 9 nitrogen and oxygen atoms in total. The average Bonchev–Trinajstić information content (AvgIpc) is 3.45. The molecule has 10 heteroatoms. The third-order valence-electron chi connectivity index (χ3n) is 5.28. The zero-order valence-electron chi connectivity index (χ0n) is 16.2. The smallest absolute Gasteiger partial charge is 0.258 e. The Kier molecular flexibility index (Phi) is 4.09. The number of aromatic nitrogens is 6. The van der Waals surface area contributed by atoms with Crippen molar-refractivity contribution in [3.63, 3.8) is 0 Å². The summed E-state index contributed by atoms with van der Waals surface area (Å²) in [7, 11) is 1.58. The second-order valence-electron chi connectivity index (χ2n) is 6.94. The van der Waals surface area contributed by atoms with Crippen molar-refractivity contribution in [1.82, 2.24) is 34.0 Å². The third-order valence-corrected chi connectivity index (χ3v) is 6.08. The van der Waals surface area contributed by atoms with Gasteiger partial charge in [-0.3, -0.25) is 4.79 Å². The second-order valence-corrected chi connectivity index (χ2v) is 7.69. The van der Waals surface area contributed by atoms with E-state index in [1.165, 1.54) is 11.5 Å². The van der Waals surface area contributed by atoms with E-state index in [2.05, 4.69) is 24.5 Å². The molecular weight excluding hydrogens is 390 g/mol. The molecular formula is C19H19N7O2S. The first kappa shape index (κ1) is 17.8. The van der Waals surface area contributed by atoms with E-state index >= 15 is 0 Å². The van der Waals surface area contributed by atoms with Crippen molar-refractivity contribution in [1.29, 1.82) is 0 Å². The number of amides is 1. The number of hydrogen-bond donors (Lipinski definition) is 1. The number of nitrogens with zero attached hydrogens (tertiary/aromatic N) is 6. The average molecular weight is 409 g/mol. The van der Waals surface area contributed by atoms with Gasteiger partial charge in [0.25, 0.3) is 5.91 Å². The minimum atomic E-state index is -0.226. The lowest BCUT2D eigenvalue weighted by atomic mass is 10.1. The molecule has 0 saturated carbocycles. The SMILES string of the molecule is COc1c(C(=O)N2CCn3c(-c4nc(C)ns4)nnc3[C@H]2C)ccc2cc[nH]c12. The van der Waals surface area contributed by atoms with Gasteiger partial charge in [-0.05, 0) is 37.5 Å². The number of nitrogens with one attached hydrogen (secondary N) is 1. The van der Waals surface area contributed by atoms with Crippen molar-refractivity contribution in [2.75, 3.05) is 13.7 Å². The molecule has 4 aromatic rings. The Hall–Kier alpha value is -3.27. The molecule has 0 radical (unpaired) electrons. The summed E-state index contributed by atoms with van der Waals surface area (Å²) < 4.78 is 11.8. The Morgan fingerprint density at radius 3 is 2.90 bits per heavy atom. The quantitative estimate of drug-likeness (QED) is 0.558. The van der Waals surface area contributed by atoms with Crippen LogP contribution in [-0.4, -0.2) is 53.6 Å². The maximum Gasteiger partial charge on any atom is 0.258 e.